The third-order valence-corrected chi connectivity index (χ3v) is 13.8. The molecule has 0 aliphatic heterocycles. The highest BCUT2D eigenvalue weighted by molar-refractivity contribution is 7.47. The molecule has 0 fully saturated rings. The van der Waals surface area contributed by atoms with Crippen molar-refractivity contribution in [2.75, 3.05) is 26.4 Å². The Bertz CT molecular complexity index is 1470. The maximum absolute atomic E-state index is 12.9. The molecular formula is C62H111O11P. The lowest BCUT2D eigenvalue weighted by molar-refractivity contribution is -0.161. The molecule has 0 aliphatic carbocycles. The standard InChI is InChI=1S/C62H111O11P/c1-4-7-10-13-16-19-22-25-27-29-31-34-37-40-43-46-49-52-61(65)72-58(54-63)56-70-74(67,68)71-57-59(55-69-60(64)51-48-45-42-39-36-33-24-21-18-15-12-9-6-3)73-62(66)53-50-47-44-41-38-35-32-30-28-26-23-20-17-14-11-8-5-2/h12,15,17,20-21,24-28,58-59,63H,4-11,13-14,16,18-19,22-23,29-57H2,1-3H3,(H,67,68)/b15-12-,20-17-,24-21-,27-25-,28-26-. The summed E-state index contributed by atoms with van der Waals surface area (Å²) in [6.45, 7) is 4.55. The van der Waals surface area contributed by atoms with E-state index in [1.165, 1.54) is 109 Å². The molecule has 12 heteroatoms. The van der Waals surface area contributed by atoms with E-state index in [2.05, 4.69) is 81.5 Å². The Labute approximate surface area is 453 Å². The Hall–Kier alpha value is -2.82. The maximum Gasteiger partial charge on any atom is 0.472 e. The van der Waals surface area contributed by atoms with Crippen molar-refractivity contribution >= 4 is 25.7 Å². The van der Waals surface area contributed by atoms with Crippen molar-refractivity contribution in [3.63, 3.8) is 0 Å². The fraction of sp³-hybridized carbons (Fsp3) is 0.790. The molecule has 3 unspecified atom stereocenters. The number of esters is 3. The van der Waals surface area contributed by atoms with E-state index in [1.54, 1.807) is 0 Å². The normalized spacial score (nSPS) is 13.7. The first kappa shape index (κ1) is 71.2. The molecule has 0 aromatic carbocycles. The topological polar surface area (TPSA) is 155 Å². The molecule has 3 atom stereocenters. The first-order valence-electron chi connectivity index (χ1n) is 30.2. The number of unbranched alkanes of at least 4 members (excludes halogenated alkanes) is 29. The van der Waals surface area contributed by atoms with Crippen LogP contribution in [0.15, 0.2) is 60.8 Å². The van der Waals surface area contributed by atoms with Gasteiger partial charge in [-0.15, -0.1) is 0 Å². The number of aliphatic hydroxyl groups excluding tert-OH is 1. The van der Waals surface area contributed by atoms with E-state index in [4.69, 9.17) is 23.3 Å². The highest BCUT2D eigenvalue weighted by Gasteiger charge is 2.28. The van der Waals surface area contributed by atoms with Crippen LogP contribution in [0.25, 0.3) is 0 Å². The van der Waals surface area contributed by atoms with Gasteiger partial charge in [0.25, 0.3) is 0 Å². The van der Waals surface area contributed by atoms with E-state index >= 15 is 0 Å². The molecule has 2 N–H and O–H groups in total. The monoisotopic (exact) mass is 1060 g/mol. The number of carbonyl (C=O) groups is 3. The van der Waals surface area contributed by atoms with Gasteiger partial charge < -0.3 is 24.2 Å². The van der Waals surface area contributed by atoms with Crippen molar-refractivity contribution in [1.29, 1.82) is 0 Å². The number of hydrogen-bond acceptors (Lipinski definition) is 10. The minimum Gasteiger partial charge on any atom is -0.462 e. The summed E-state index contributed by atoms with van der Waals surface area (Å²) in [5.41, 5.74) is 0. The quantitative estimate of drug-likeness (QED) is 0.0197. The first-order chi connectivity index (χ1) is 36.2. The van der Waals surface area contributed by atoms with Crippen LogP contribution in [0.5, 0.6) is 0 Å². The van der Waals surface area contributed by atoms with Crippen LogP contribution in [-0.4, -0.2) is 66.5 Å². The van der Waals surface area contributed by atoms with E-state index in [0.717, 1.165) is 109 Å². The third-order valence-electron chi connectivity index (χ3n) is 12.9. The molecule has 0 bridgehead atoms. The third kappa shape index (κ3) is 54.0. The number of ether oxygens (including phenoxy) is 3. The minimum absolute atomic E-state index is 0.155. The largest absolute Gasteiger partial charge is 0.472 e. The molecular weight excluding hydrogens is 952 g/mol. The molecule has 0 spiro atoms. The van der Waals surface area contributed by atoms with Crippen molar-refractivity contribution in [1.82, 2.24) is 0 Å². The van der Waals surface area contributed by atoms with Gasteiger partial charge in [0.05, 0.1) is 19.8 Å². The number of rotatable bonds is 56. The SMILES string of the molecule is CCC/C=C\C/C=C\CCCCCCCC(=O)OCC(COP(=O)(O)OCC(CO)OC(=O)CCCCCCCCC/C=C\CCCCCCCC)OC(=O)CCCCCCCCC/C=C\C/C=C\CCCCC. The van der Waals surface area contributed by atoms with Crippen LogP contribution >= 0.6 is 7.82 Å². The van der Waals surface area contributed by atoms with Crippen LogP contribution in [0.4, 0.5) is 0 Å². The number of phosphoric acid groups is 1. The lowest BCUT2D eigenvalue weighted by Gasteiger charge is -2.21. The molecule has 0 aliphatic rings. The summed E-state index contributed by atoms with van der Waals surface area (Å²) in [5, 5.41) is 9.83. The highest BCUT2D eigenvalue weighted by atomic mass is 31.2. The van der Waals surface area contributed by atoms with Crippen molar-refractivity contribution in [2.24, 2.45) is 0 Å². The predicted octanol–water partition coefficient (Wildman–Crippen LogP) is 17.9. The number of phosphoric ester groups is 1. The van der Waals surface area contributed by atoms with Gasteiger partial charge in [-0.25, -0.2) is 4.57 Å². The zero-order valence-electron chi connectivity index (χ0n) is 47.6. The van der Waals surface area contributed by atoms with Crippen LogP contribution < -0.4 is 0 Å². The summed E-state index contributed by atoms with van der Waals surface area (Å²) < 4.78 is 39.6. The Kier molecular flexibility index (Phi) is 54.2. The summed E-state index contributed by atoms with van der Waals surface area (Å²) in [7, 11) is -4.75. The summed E-state index contributed by atoms with van der Waals surface area (Å²) in [4.78, 5) is 48.6. The zero-order valence-corrected chi connectivity index (χ0v) is 48.5. The van der Waals surface area contributed by atoms with Crippen LogP contribution in [0.1, 0.15) is 278 Å². The smallest absolute Gasteiger partial charge is 0.462 e. The van der Waals surface area contributed by atoms with Gasteiger partial charge >= 0.3 is 25.7 Å². The lowest BCUT2D eigenvalue weighted by atomic mass is 10.1. The summed E-state index contributed by atoms with van der Waals surface area (Å²) in [5.74, 6) is -1.49. The van der Waals surface area contributed by atoms with Crippen LogP contribution in [0.2, 0.25) is 0 Å². The molecule has 0 aromatic heterocycles. The van der Waals surface area contributed by atoms with E-state index < -0.39 is 57.8 Å². The number of carbonyl (C=O) groups excluding carboxylic acids is 3. The zero-order chi connectivity index (χ0) is 54.1. The summed E-state index contributed by atoms with van der Waals surface area (Å²) in [6.07, 6.45) is 61.7. The molecule has 430 valence electrons. The molecule has 0 saturated heterocycles. The van der Waals surface area contributed by atoms with E-state index in [0.29, 0.717) is 19.3 Å². The fourth-order valence-corrected chi connectivity index (χ4v) is 9.03. The molecule has 0 aromatic rings. The van der Waals surface area contributed by atoms with Crippen LogP contribution in [-0.2, 0) is 42.2 Å². The van der Waals surface area contributed by atoms with Gasteiger partial charge in [0.2, 0.25) is 0 Å². The Morgan fingerprint density at radius 2 is 0.689 bits per heavy atom. The average molecular weight is 1060 g/mol. The Morgan fingerprint density at radius 3 is 1.09 bits per heavy atom. The lowest BCUT2D eigenvalue weighted by Crippen LogP contribution is -2.30. The van der Waals surface area contributed by atoms with Gasteiger partial charge in [-0.05, 0) is 103 Å². The van der Waals surface area contributed by atoms with Crippen LogP contribution in [0, 0.1) is 0 Å². The molecule has 11 nitrogen and oxygen atoms in total. The van der Waals surface area contributed by atoms with Gasteiger partial charge in [0, 0.05) is 19.3 Å². The maximum atomic E-state index is 12.9. The second-order valence-corrected chi connectivity index (χ2v) is 21.6. The van der Waals surface area contributed by atoms with Gasteiger partial charge in [0.1, 0.15) is 12.7 Å². The predicted molar refractivity (Wildman–Crippen MR) is 307 cm³/mol. The number of hydrogen-bond donors (Lipinski definition) is 2. The molecule has 0 amide bonds. The number of aliphatic hydroxyl groups is 1. The van der Waals surface area contributed by atoms with Crippen molar-refractivity contribution in [2.45, 2.75) is 290 Å². The summed E-state index contributed by atoms with van der Waals surface area (Å²) >= 11 is 0. The van der Waals surface area contributed by atoms with Gasteiger partial charge in [-0.1, -0.05) is 216 Å². The van der Waals surface area contributed by atoms with Gasteiger partial charge in [0.15, 0.2) is 6.10 Å². The van der Waals surface area contributed by atoms with E-state index in [1.807, 2.05) is 0 Å². The highest BCUT2D eigenvalue weighted by Crippen LogP contribution is 2.43. The second kappa shape index (κ2) is 56.4. The number of allylic oxidation sites excluding steroid dienone is 10. The fourth-order valence-electron chi connectivity index (χ4n) is 8.24. The van der Waals surface area contributed by atoms with Gasteiger partial charge in [-0.3, -0.25) is 23.4 Å². The molecule has 0 heterocycles. The Balaban J connectivity index is 4.70. The first-order valence-corrected chi connectivity index (χ1v) is 31.7. The molecule has 0 rings (SSSR count). The minimum atomic E-state index is -4.75. The van der Waals surface area contributed by atoms with E-state index in [9.17, 15) is 28.9 Å². The van der Waals surface area contributed by atoms with Crippen molar-refractivity contribution in [3.8, 4) is 0 Å². The Morgan fingerprint density at radius 1 is 0.378 bits per heavy atom. The summed E-state index contributed by atoms with van der Waals surface area (Å²) in [6, 6.07) is 0. The van der Waals surface area contributed by atoms with Crippen molar-refractivity contribution in [3.05, 3.63) is 60.8 Å². The molecule has 0 saturated carbocycles. The molecule has 0 radical (unpaired) electrons. The second-order valence-electron chi connectivity index (χ2n) is 20.2. The van der Waals surface area contributed by atoms with Gasteiger partial charge in [-0.2, -0.15) is 0 Å². The van der Waals surface area contributed by atoms with Crippen molar-refractivity contribution < 1.29 is 52.2 Å². The van der Waals surface area contributed by atoms with E-state index in [-0.39, 0.29) is 25.9 Å². The molecule has 74 heavy (non-hydrogen) atoms. The van der Waals surface area contributed by atoms with Crippen LogP contribution in [0.3, 0.4) is 0 Å². The average Bonchev–Trinajstić information content (AvgIpc) is 3.39.